The van der Waals surface area contributed by atoms with Gasteiger partial charge in [-0.3, -0.25) is 9.10 Å². The fourth-order valence-electron chi connectivity index (χ4n) is 4.47. The van der Waals surface area contributed by atoms with Crippen molar-refractivity contribution in [3.8, 4) is 5.75 Å². The van der Waals surface area contributed by atoms with E-state index < -0.39 is 39.7 Å². The Morgan fingerprint density at radius 2 is 1.70 bits per heavy atom. The number of anilines is 1. The van der Waals surface area contributed by atoms with Gasteiger partial charge in [0.2, 0.25) is 10.0 Å². The molecule has 0 fully saturated rings. The third-order valence-corrected chi connectivity index (χ3v) is 8.25. The SMILES string of the molecule is COc1cccc(CNC[C@@H](O)[C@H](Cc2cc(F)cc(F)c2)NC(=O)c2cc(/C(C)=N/OCC(C)C)cc(N(C)S(C)(=O)=O)c2)c1. The van der Waals surface area contributed by atoms with Gasteiger partial charge in [-0.1, -0.05) is 31.1 Å². The van der Waals surface area contributed by atoms with E-state index in [0.29, 0.717) is 30.2 Å². The molecule has 1 amide bonds. The van der Waals surface area contributed by atoms with Crippen molar-refractivity contribution in [1.82, 2.24) is 10.6 Å². The molecule has 0 aliphatic carbocycles. The van der Waals surface area contributed by atoms with Crippen LogP contribution in [0.5, 0.6) is 5.75 Å². The number of rotatable bonds is 16. The Balaban J connectivity index is 1.91. The third kappa shape index (κ3) is 11.1. The van der Waals surface area contributed by atoms with E-state index in [-0.39, 0.29) is 35.7 Å². The number of aliphatic hydroxyl groups excluding tert-OH is 1. The van der Waals surface area contributed by atoms with Crippen molar-refractivity contribution in [2.24, 2.45) is 11.1 Å². The van der Waals surface area contributed by atoms with Crippen LogP contribution < -0.4 is 19.7 Å². The Hall–Kier alpha value is -4.07. The van der Waals surface area contributed by atoms with E-state index in [4.69, 9.17) is 9.57 Å². The Morgan fingerprint density at radius 3 is 2.33 bits per heavy atom. The highest BCUT2D eigenvalue weighted by Gasteiger charge is 2.25. The van der Waals surface area contributed by atoms with Crippen molar-refractivity contribution >= 4 is 27.3 Å². The quantitative estimate of drug-likeness (QED) is 0.155. The summed E-state index contributed by atoms with van der Waals surface area (Å²) in [6.07, 6.45) is -0.244. The number of sulfonamides is 1. The summed E-state index contributed by atoms with van der Waals surface area (Å²) in [6.45, 7) is 6.37. The molecule has 3 aromatic rings. The fourth-order valence-corrected chi connectivity index (χ4v) is 4.96. The zero-order valence-corrected chi connectivity index (χ0v) is 27.7. The van der Waals surface area contributed by atoms with Crippen LogP contribution in [-0.2, 0) is 27.8 Å². The number of carbonyl (C=O) groups excluding carboxylic acids is 1. The molecule has 3 N–H and O–H groups in total. The van der Waals surface area contributed by atoms with Crippen LogP contribution in [0.4, 0.5) is 14.5 Å². The molecule has 0 unspecified atom stereocenters. The van der Waals surface area contributed by atoms with Crippen molar-refractivity contribution in [1.29, 1.82) is 0 Å². The van der Waals surface area contributed by atoms with Crippen LogP contribution in [0.3, 0.4) is 0 Å². The maximum Gasteiger partial charge on any atom is 0.251 e. The van der Waals surface area contributed by atoms with Gasteiger partial charge in [-0.2, -0.15) is 0 Å². The molecule has 0 radical (unpaired) electrons. The van der Waals surface area contributed by atoms with E-state index >= 15 is 0 Å². The second-order valence-corrected chi connectivity index (χ2v) is 13.5. The number of methoxy groups -OCH3 is 1. The second-order valence-electron chi connectivity index (χ2n) is 11.5. The number of hydrogen-bond acceptors (Lipinski definition) is 8. The first-order chi connectivity index (χ1) is 21.7. The number of nitrogens with zero attached hydrogens (tertiary/aromatic N) is 2. The lowest BCUT2D eigenvalue weighted by Gasteiger charge is -2.26. The summed E-state index contributed by atoms with van der Waals surface area (Å²) in [5.74, 6) is -1.33. The van der Waals surface area contributed by atoms with Crippen molar-refractivity contribution in [2.75, 3.05) is 37.9 Å². The van der Waals surface area contributed by atoms with Gasteiger partial charge < -0.3 is 25.3 Å². The molecule has 3 rings (SSSR count). The molecule has 0 aromatic heterocycles. The molecule has 0 saturated heterocycles. The van der Waals surface area contributed by atoms with Crippen LogP contribution in [0, 0.1) is 17.6 Å². The predicted octanol–water partition coefficient (Wildman–Crippen LogP) is 4.26. The van der Waals surface area contributed by atoms with Gasteiger partial charge in [0.25, 0.3) is 5.91 Å². The zero-order chi connectivity index (χ0) is 34.0. The number of carbonyl (C=O) groups is 1. The Morgan fingerprint density at radius 1 is 1.02 bits per heavy atom. The molecule has 10 nitrogen and oxygen atoms in total. The van der Waals surface area contributed by atoms with Gasteiger partial charge in [-0.25, -0.2) is 17.2 Å². The second kappa shape index (κ2) is 16.5. The van der Waals surface area contributed by atoms with Crippen LogP contribution in [-0.4, -0.2) is 70.9 Å². The molecule has 13 heteroatoms. The van der Waals surface area contributed by atoms with E-state index in [2.05, 4.69) is 15.8 Å². The normalized spacial score (nSPS) is 13.3. The minimum atomic E-state index is -3.69. The number of nitrogens with one attached hydrogen (secondary N) is 2. The maximum absolute atomic E-state index is 14.0. The van der Waals surface area contributed by atoms with E-state index in [1.165, 1.54) is 19.2 Å². The number of benzene rings is 3. The molecule has 0 spiro atoms. The Kier molecular flexibility index (Phi) is 13.0. The molecule has 3 aromatic carbocycles. The van der Waals surface area contributed by atoms with Crippen molar-refractivity contribution in [3.05, 3.63) is 94.6 Å². The molecule has 0 heterocycles. The zero-order valence-electron chi connectivity index (χ0n) is 26.9. The molecular weight excluding hydrogens is 618 g/mol. The number of aliphatic hydroxyl groups is 1. The average Bonchev–Trinajstić information content (AvgIpc) is 2.98. The third-order valence-electron chi connectivity index (χ3n) is 7.04. The summed E-state index contributed by atoms with van der Waals surface area (Å²) >= 11 is 0. The van der Waals surface area contributed by atoms with E-state index in [0.717, 1.165) is 34.3 Å². The fraction of sp³-hybridized carbons (Fsp3) is 0.394. The lowest BCUT2D eigenvalue weighted by atomic mass is 9.99. The van der Waals surface area contributed by atoms with Crippen molar-refractivity contribution < 1.29 is 36.7 Å². The van der Waals surface area contributed by atoms with E-state index in [1.54, 1.807) is 20.1 Å². The number of ether oxygens (including phenoxy) is 1. The van der Waals surface area contributed by atoms with E-state index in [1.807, 2.05) is 38.1 Å². The average molecular weight is 661 g/mol. The van der Waals surface area contributed by atoms with Gasteiger partial charge >= 0.3 is 0 Å². The van der Waals surface area contributed by atoms with Crippen LogP contribution in [0.15, 0.2) is 65.8 Å². The van der Waals surface area contributed by atoms with Crippen molar-refractivity contribution in [2.45, 2.75) is 45.9 Å². The first kappa shape index (κ1) is 36.4. The first-order valence-electron chi connectivity index (χ1n) is 14.7. The summed E-state index contributed by atoms with van der Waals surface area (Å²) in [7, 11) is -0.770. The summed E-state index contributed by atoms with van der Waals surface area (Å²) < 4.78 is 59.1. The minimum Gasteiger partial charge on any atom is -0.497 e. The highest BCUT2D eigenvalue weighted by atomic mass is 32.2. The number of hydrogen-bond donors (Lipinski definition) is 3. The van der Waals surface area contributed by atoms with Gasteiger partial charge in [-0.15, -0.1) is 0 Å². The van der Waals surface area contributed by atoms with Crippen LogP contribution in [0.25, 0.3) is 0 Å². The lowest BCUT2D eigenvalue weighted by molar-refractivity contribution is 0.0829. The van der Waals surface area contributed by atoms with Crippen molar-refractivity contribution in [3.63, 3.8) is 0 Å². The Labute approximate surface area is 269 Å². The summed E-state index contributed by atoms with van der Waals surface area (Å²) in [4.78, 5) is 19.1. The van der Waals surface area contributed by atoms with Gasteiger partial charge in [0.05, 0.1) is 36.9 Å². The first-order valence-corrected chi connectivity index (χ1v) is 16.5. The number of halogens is 2. The standard InChI is InChI=1S/C33H42F2N4O6S/c1-21(2)20-45-38-22(3)25-14-26(16-29(15-25)39(4)46(6,42)43)33(41)37-31(13-24-10-27(34)17-28(35)11-24)32(40)19-36-18-23-8-7-9-30(12-23)44-5/h7-12,14-17,21,31-32,36,40H,13,18-20H2,1-6H3,(H,37,41)/b38-22+/t31-,32+/m0/s1. The smallest absolute Gasteiger partial charge is 0.251 e. The minimum absolute atomic E-state index is 0.0288. The summed E-state index contributed by atoms with van der Waals surface area (Å²) in [5.41, 5.74) is 2.25. The topological polar surface area (TPSA) is 130 Å². The van der Waals surface area contributed by atoms with Gasteiger partial charge in [0.1, 0.15) is 24.0 Å². The van der Waals surface area contributed by atoms with Crippen LogP contribution in [0.2, 0.25) is 0 Å². The molecule has 0 aliphatic heterocycles. The molecule has 0 saturated carbocycles. The summed E-state index contributed by atoms with van der Waals surface area (Å²) in [6, 6.07) is 13.9. The molecule has 46 heavy (non-hydrogen) atoms. The maximum atomic E-state index is 14.0. The van der Waals surface area contributed by atoms with Crippen LogP contribution in [0.1, 0.15) is 47.8 Å². The molecule has 2 atom stereocenters. The van der Waals surface area contributed by atoms with E-state index in [9.17, 15) is 27.1 Å². The highest BCUT2D eigenvalue weighted by Crippen LogP contribution is 2.22. The molecule has 250 valence electrons. The Bertz CT molecular complexity index is 1610. The summed E-state index contributed by atoms with van der Waals surface area (Å²) in [5, 5.41) is 21.2. The van der Waals surface area contributed by atoms with Gasteiger partial charge in [0, 0.05) is 37.3 Å². The lowest BCUT2D eigenvalue weighted by Crippen LogP contribution is -2.48. The molecule has 0 aliphatic rings. The number of oxime groups is 1. The predicted molar refractivity (Wildman–Crippen MR) is 175 cm³/mol. The molecular formula is C33H42F2N4O6S. The molecule has 0 bridgehead atoms. The van der Waals surface area contributed by atoms with Crippen LogP contribution >= 0.6 is 0 Å². The van der Waals surface area contributed by atoms with Gasteiger partial charge in [-0.05, 0) is 72.9 Å². The van der Waals surface area contributed by atoms with Gasteiger partial charge in [0.15, 0.2) is 0 Å². The number of amides is 1. The largest absolute Gasteiger partial charge is 0.497 e. The monoisotopic (exact) mass is 660 g/mol. The highest BCUT2D eigenvalue weighted by molar-refractivity contribution is 7.92.